The maximum atomic E-state index is 14.4. The number of aryl methyl sites for hydroxylation is 2. The molecule has 4 aromatic rings. The first-order valence-corrected chi connectivity index (χ1v) is 24.4. The molecule has 0 radical (unpaired) electrons. The van der Waals surface area contributed by atoms with E-state index in [2.05, 4.69) is 120 Å². The average molecular weight is 908 g/mol. The molecule has 0 bridgehead atoms. The number of benzene rings is 2. The Morgan fingerprint density at radius 2 is 0.909 bits per heavy atom. The summed E-state index contributed by atoms with van der Waals surface area (Å²) in [4.78, 5) is 32.9. The van der Waals surface area contributed by atoms with Crippen molar-refractivity contribution in [2.75, 3.05) is 6.54 Å². The lowest BCUT2D eigenvalue weighted by Crippen LogP contribution is -2.36. The molecule has 7 heteroatoms. The van der Waals surface area contributed by atoms with Gasteiger partial charge in [-0.1, -0.05) is 160 Å². The predicted octanol–water partition coefficient (Wildman–Crippen LogP) is 16.0. The zero-order valence-corrected chi connectivity index (χ0v) is 38.4. The lowest BCUT2D eigenvalue weighted by molar-refractivity contribution is -0.136. The molecule has 2 aromatic carbocycles. The van der Waals surface area contributed by atoms with E-state index < -0.39 is 0 Å². The molecule has 1 atom stereocenters. The Morgan fingerprint density at radius 1 is 0.527 bits per heavy atom. The first-order chi connectivity index (χ1) is 26.8. The molecule has 0 fully saturated rings. The Bertz CT molecular complexity index is 1730. The average Bonchev–Trinajstić information content (AvgIpc) is 3.84. The number of carbonyl (C=O) groups excluding carboxylic acids is 2. The molecular weight excluding hydrogens is 846 g/mol. The molecule has 0 aliphatic carbocycles. The van der Waals surface area contributed by atoms with E-state index in [9.17, 15) is 9.59 Å². The Balaban J connectivity index is 1.43. The minimum Gasteiger partial charge on any atom is -0.274 e. The normalized spacial score (nSPS) is 13.8. The monoisotopic (exact) mass is 905 g/mol. The fourth-order valence-electron chi connectivity index (χ4n) is 7.87. The summed E-state index contributed by atoms with van der Waals surface area (Å²) >= 11 is 11.1. The van der Waals surface area contributed by atoms with Crippen molar-refractivity contribution in [1.82, 2.24) is 4.90 Å². The summed E-state index contributed by atoms with van der Waals surface area (Å²) in [5.41, 5.74) is 7.74. The summed E-state index contributed by atoms with van der Waals surface area (Å²) in [6.07, 6.45) is 21.7. The van der Waals surface area contributed by atoms with Crippen LogP contribution in [0.15, 0.2) is 68.2 Å². The van der Waals surface area contributed by atoms with Crippen LogP contribution < -0.4 is 0 Å². The number of thiophene rings is 2. The zero-order valence-electron chi connectivity index (χ0n) is 33.6. The minimum absolute atomic E-state index is 0.169. The van der Waals surface area contributed by atoms with Gasteiger partial charge in [0.25, 0.3) is 11.8 Å². The molecule has 1 aliphatic heterocycles. The van der Waals surface area contributed by atoms with E-state index in [0.717, 1.165) is 68.4 Å². The van der Waals surface area contributed by atoms with Gasteiger partial charge in [0, 0.05) is 16.3 Å². The smallest absolute Gasteiger partial charge is 0.262 e. The van der Waals surface area contributed by atoms with Crippen molar-refractivity contribution in [3.63, 3.8) is 0 Å². The van der Waals surface area contributed by atoms with Crippen LogP contribution in [0.3, 0.4) is 0 Å². The second-order valence-corrected chi connectivity index (χ2v) is 20.3. The van der Waals surface area contributed by atoms with Gasteiger partial charge in [0.05, 0.1) is 18.7 Å². The van der Waals surface area contributed by atoms with E-state index >= 15 is 0 Å². The van der Waals surface area contributed by atoms with Gasteiger partial charge < -0.3 is 0 Å². The molecule has 2 amide bonds. The number of amides is 2. The van der Waals surface area contributed by atoms with Gasteiger partial charge >= 0.3 is 0 Å². The molecule has 0 saturated carbocycles. The fraction of sp³-hybridized carbons (Fsp3) is 0.500. The van der Waals surface area contributed by atoms with Crippen LogP contribution in [-0.4, -0.2) is 23.3 Å². The molecule has 2 aromatic heterocycles. The molecule has 3 nitrogen and oxygen atoms in total. The van der Waals surface area contributed by atoms with Crippen molar-refractivity contribution >= 4 is 77.5 Å². The van der Waals surface area contributed by atoms with Crippen LogP contribution in [-0.2, 0) is 22.4 Å². The van der Waals surface area contributed by atoms with Gasteiger partial charge in [-0.2, -0.15) is 0 Å². The van der Waals surface area contributed by atoms with Gasteiger partial charge in [0.15, 0.2) is 0 Å². The Hall–Kier alpha value is -2.32. The molecule has 0 saturated heterocycles. The third-order valence-corrected chi connectivity index (χ3v) is 14.6. The zero-order chi connectivity index (χ0) is 39.2. The van der Waals surface area contributed by atoms with Crippen molar-refractivity contribution in [2.45, 2.75) is 143 Å². The van der Waals surface area contributed by atoms with Crippen molar-refractivity contribution in [2.24, 2.45) is 5.92 Å². The summed E-state index contributed by atoms with van der Waals surface area (Å²) < 4.78 is 2.29. The highest BCUT2D eigenvalue weighted by Crippen LogP contribution is 2.42. The standard InChI is InChI=1S/C48H61Br2NO2S2/c1-5-9-12-14-16-18-21-39-31-41(49)54-45(39)37-27-23-35(24-28-37)43-44(48(53)51(47(43)52)33-34(8-4)20-11-7-3)36-25-29-38(30-26-36)46-40(32-42(50)55-46)22-19-17-15-13-10-6-2/h23-32,34H,5-22,33H2,1-4H3. The van der Waals surface area contributed by atoms with Crippen LogP contribution in [0.25, 0.3) is 32.0 Å². The number of unbranched alkanes of at least 4 members (excludes halogenated alkanes) is 11. The van der Waals surface area contributed by atoms with E-state index in [1.165, 1.54) is 97.9 Å². The first-order valence-electron chi connectivity index (χ1n) is 21.2. The van der Waals surface area contributed by atoms with Gasteiger partial charge in [0.2, 0.25) is 0 Å². The van der Waals surface area contributed by atoms with Crippen molar-refractivity contribution in [1.29, 1.82) is 0 Å². The molecule has 0 spiro atoms. The molecule has 55 heavy (non-hydrogen) atoms. The number of hydrogen-bond donors (Lipinski definition) is 0. The summed E-state index contributed by atoms with van der Waals surface area (Å²) in [6.45, 7) is 9.36. The highest BCUT2D eigenvalue weighted by molar-refractivity contribution is 9.11. The maximum Gasteiger partial charge on any atom is 0.262 e. The first kappa shape index (κ1) is 43.8. The maximum absolute atomic E-state index is 14.4. The molecule has 296 valence electrons. The SMILES string of the molecule is CCCCCCCCc1cc(Br)sc1-c1ccc(C2=C(c3ccc(-c4sc(Br)cc4CCCCCCCC)cc3)C(=O)N(CC(CC)CCCC)C2=O)cc1. The lowest BCUT2D eigenvalue weighted by atomic mass is 9.94. The number of rotatable bonds is 24. The van der Waals surface area contributed by atoms with E-state index in [4.69, 9.17) is 0 Å². The lowest BCUT2D eigenvalue weighted by Gasteiger charge is -2.22. The molecule has 0 N–H and O–H groups in total. The van der Waals surface area contributed by atoms with Crippen LogP contribution in [0.2, 0.25) is 0 Å². The summed E-state index contributed by atoms with van der Waals surface area (Å²) in [5.74, 6) is -0.0430. The largest absolute Gasteiger partial charge is 0.274 e. The Kier molecular flexibility index (Phi) is 18.0. The van der Waals surface area contributed by atoms with Crippen LogP contribution in [0.1, 0.15) is 153 Å². The second kappa shape index (κ2) is 22.6. The topological polar surface area (TPSA) is 37.4 Å². The van der Waals surface area contributed by atoms with Crippen LogP contribution in [0, 0.1) is 5.92 Å². The van der Waals surface area contributed by atoms with E-state index in [1.807, 2.05) is 0 Å². The summed E-state index contributed by atoms with van der Waals surface area (Å²) in [7, 11) is 0. The molecule has 1 aliphatic rings. The van der Waals surface area contributed by atoms with Crippen LogP contribution in [0.5, 0.6) is 0 Å². The Labute approximate surface area is 356 Å². The van der Waals surface area contributed by atoms with E-state index in [-0.39, 0.29) is 11.8 Å². The number of imide groups is 1. The molecule has 5 rings (SSSR count). The van der Waals surface area contributed by atoms with Crippen molar-refractivity contribution in [3.05, 3.63) is 90.5 Å². The second-order valence-electron chi connectivity index (χ2n) is 15.4. The highest BCUT2D eigenvalue weighted by atomic mass is 79.9. The summed E-state index contributed by atoms with van der Waals surface area (Å²) in [5, 5.41) is 0. The minimum atomic E-state index is -0.169. The molecule has 3 heterocycles. The quantitative estimate of drug-likeness (QED) is 0.0519. The van der Waals surface area contributed by atoms with E-state index in [0.29, 0.717) is 23.6 Å². The third-order valence-electron chi connectivity index (χ3n) is 11.2. The number of hydrogen-bond acceptors (Lipinski definition) is 4. The van der Waals surface area contributed by atoms with Crippen LogP contribution in [0.4, 0.5) is 0 Å². The van der Waals surface area contributed by atoms with Gasteiger partial charge in [-0.25, -0.2) is 0 Å². The predicted molar refractivity (Wildman–Crippen MR) is 246 cm³/mol. The van der Waals surface area contributed by atoms with Crippen molar-refractivity contribution < 1.29 is 9.59 Å². The van der Waals surface area contributed by atoms with Gasteiger partial charge in [-0.15, -0.1) is 22.7 Å². The number of halogens is 2. The fourth-order valence-corrected chi connectivity index (χ4v) is 11.3. The number of nitrogens with zero attached hydrogens (tertiary/aromatic N) is 1. The van der Waals surface area contributed by atoms with Gasteiger partial charge in [0.1, 0.15) is 0 Å². The molecule has 1 unspecified atom stereocenters. The van der Waals surface area contributed by atoms with Crippen LogP contribution >= 0.6 is 54.5 Å². The van der Waals surface area contributed by atoms with Crippen molar-refractivity contribution in [3.8, 4) is 20.9 Å². The number of carbonyl (C=O) groups is 2. The van der Waals surface area contributed by atoms with Gasteiger partial charge in [-0.3, -0.25) is 14.5 Å². The third kappa shape index (κ3) is 11.9. The molecular formula is C48H61Br2NO2S2. The highest BCUT2D eigenvalue weighted by Gasteiger charge is 2.40. The van der Waals surface area contributed by atoms with E-state index in [1.54, 1.807) is 27.6 Å². The van der Waals surface area contributed by atoms with Gasteiger partial charge in [-0.05, 0) is 115 Å². The Morgan fingerprint density at radius 3 is 1.31 bits per heavy atom. The summed E-state index contributed by atoms with van der Waals surface area (Å²) in [6, 6.07) is 21.3.